The molecule has 3 nitrogen and oxygen atoms in total. The first-order valence-electron chi connectivity index (χ1n) is 4.39. The summed E-state index contributed by atoms with van der Waals surface area (Å²) in [5.41, 5.74) is 5.28. The zero-order valence-corrected chi connectivity index (χ0v) is 6.71. The average Bonchev–Trinajstić information content (AvgIpc) is 2.66. The molecule has 1 heterocycles. The standard InChI is InChI=1S/C8H16N2O/c9-7(3-6-1-2-6)8(11)4-10-5-8/h6-7,10-11H,1-5,9H2. The molecule has 11 heavy (non-hydrogen) atoms. The third-order valence-electron chi connectivity index (χ3n) is 2.84. The highest BCUT2D eigenvalue weighted by atomic mass is 16.3. The van der Waals surface area contributed by atoms with Gasteiger partial charge in [-0.25, -0.2) is 0 Å². The quantitative estimate of drug-likeness (QED) is 0.514. The highest BCUT2D eigenvalue weighted by Gasteiger charge is 2.42. The zero-order chi connectivity index (χ0) is 7.90. The van der Waals surface area contributed by atoms with Gasteiger partial charge in [0.15, 0.2) is 0 Å². The monoisotopic (exact) mass is 156 g/mol. The van der Waals surface area contributed by atoms with Crippen LogP contribution in [-0.4, -0.2) is 29.8 Å². The molecule has 1 saturated carbocycles. The Morgan fingerprint density at radius 1 is 1.55 bits per heavy atom. The summed E-state index contributed by atoms with van der Waals surface area (Å²) in [6.45, 7) is 1.36. The molecule has 0 aromatic carbocycles. The van der Waals surface area contributed by atoms with Gasteiger partial charge >= 0.3 is 0 Å². The predicted molar refractivity (Wildman–Crippen MR) is 43.1 cm³/mol. The lowest BCUT2D eigenvalue weighted by Crippen LogP contribution is -2.68. The molecular weight excluding hydrogens is 140 g/mol. The first-order chi connectivity index (χ1) is 5.21. The normalized spacial score (nSPS) is 31.1. The van der Waals surface area contributed by atoms with Crippen molar-refractivity contribution in [3.63, 3.8) is 0 Å². The maximum absolute atomic E-state index is 9.77. The van der Waals surface area contributed by atoms with E-state index in [1.807, 2.05) is 0 Å². The van der Waals surface area contributed by atoms with E-state index in [2.05, 4.69) is 5.32 Å². The summed E-state index contributed by atoms with van der Waals surface area (Å²) >= 11 is 0. The smallest absolute Gasteiger partial charge is 0.104 e. The molecule has 0 radical (unpaired) electrons. The van der Waals surface area contributed by atoms with Crippen LogP contribution < -0.4 is 11.1 Å². The summed E-state index contributed by atoms with van der Waals surface area (Å²) < 4.78 is 0. The van der Waals surface area contributed by atoms with Crippen molar-refractivity contribution in [2.45, 2.75) is 30.9 Å². The molecule has 0 aromatic rings. The highest BCUT2D eigenvalue weighted by Crippen LogP contribution is 2.35. The third kappa shape index (κ3) is 1.41. The second-order valence-electron chi connectivity index (χ2n) is 3.99. The Balaban J connectivity index is 1.81. The molecule has 2 rings (SSSR count). The summed E-state index contributed by atoms with van der Waals surface area (Å²) in [5, 5.41) is 12.8. The van der Waals surface area contributed by atoms with Gasteiger partial charge in [-0.2, -0.15) is 0 Å². The molecule has 1 saturated heterocycles. The van der Waals surface area contributed by atoms with Crippen LogP contribution in [0.25, 0.3) is 0 Å². The summed E-state index contributed by atoms with van der Waals surface area (Å²) in [5.74, 6) is 0.814. The van der Waals surface area contributed by atoms with Crippen LogP contribution >= 0.6 is 0 Å². The Morgan fingerprint density at radius 2 is 2.18 bits per heavy atom. The summed E-state index contributed by atoms with van der Waals surface area (Å²) in [6, 6.07) is -0.00347. The number of nitrogens with one attached hydrogen (secondary N) is 1. The van der Waals surface area contributed by atoms with Crippen LogP contribution in [-0.2, 0) is 0 Å². The van der Waals surface area contributed by atoms with Gasteiger partial charge < -0.3 is 16.2 Å². The number of hydrogen-bond acceptors (Lipinski definition) is 3. The highest BCUT2D eigenvalue weighted by molar-refractivity contribution is 5.02. The van der Waals surface area contributed by atoms with E-state index in [0.29, 0.717) is 13.1 Å². The van der Waals surface area contributed by atoms with Crippen molar-refractivity contribution in [2.24, 2.45) is 11.7 Å². The molecule has 1 unspecified atom stereocenters. The average molecular weight is 156 g/mol. The molecule has 1 atom stereocenters. The van der Waals surface area contributed by atoms with Crippen LogP contribution in [0.15, 0.2) is 0 Å². The lowest BCUT2D eigenvalue weighted by molar-refractivity contribution is -0.0356. The summed E-state index contributed by atoms with van der Waals surface area (Å²) in [6.07, 6.45) is 3.65. The van der Waals surface area contributed by atoms with Crippen molar-refractivity contribution in [1.29, 1.82) is 0 Å². The maximum Gasteiger partial charge on any atom is 0.104 e. The second-order valence-corrected chi connectivity index (χ2v) is 3.99. The van der Waals surface area contributed by atoms with E-state index in [1.165, 1.54) is 12.8 Å². The molecule has 64 valence electrons. The Labute approximate surface area is 67.0 Å². The number of rotatable bonds is 3. The number of hydrogen-bond donors (Lipinski definition) is 3. The van der Waals surface area contributed by atoms with Crippen molar-refractivity contribution in [1.82, 2.24) is 5.32 Å². The molecule has 2 fully saturated rings. The van der Waals surface area contributed by atoms with Gasteiger partial charge in [-0.1, -0.05) is 12.8 Å². The van der Waals surface area contributed by atoms with Crippen molar-refractivity contribution >= 4 is 0 Å². The number of β-amino-alcohol motifs (C(OH)–C–C–N with tert-alkyl or cyclic N) is 1. The minimum Gasteiger partial charge on any atom is -0.386 e. The van der Waals surface area contributed by atoms with Gasteiger partial charge in [-0.3, -0.25) is 0 Å². The molecule has 0 spiro atoms. The predicted octanol–water partition coefficient (Wildman–Crippen LogP) is -0.552. The Kier molecular flexibility index (Phi) is 1.67. The Hall–Kier alpha value is -0.120. The van der Waals surface area contributed by atoms with Crippen molar-refractivity contribution in [2.75, 3.05) is 13.1 Å². The third-order valence-corrected chi connectivity index (χ3v) is 2.84. The van der Waals surface area contributed by atoms with Crippen LogP contribution in [0, 0.1) is 5.92 Å². The zero-order valence-electron chi connectivity index (χ0n) is 6.71. The van der Waals surface area contributed by atoms with Gasteiger partial charge in [0.1, 0.15) is 5.60 Å². The fourth-order valence-electron chi connectivity index (χ4n) is 1.58. The van der Waals surface area contributed by atoms with E-state index in [0.717, 1.165) is 12.3 Å². The molecule has 4 N–H and O–H groups in total. The van der Waals surface area contributed by atoms with Crippen molar-refractivity contribution in [3.8, 4) is 0 Å². The van der Waals surface area contributed by atoms with Crippen LogP contribution in [0.5, 0.6) is 0 Å². The molecule has 2 aliphatic rings. The SMILES string of the molecule is NC(CC1CC1)C1(O)CNC1. The van der Waals surface area contributed by atoms with Crippen LogP contribution in [0.4, 0.5) is 0 Å². The number of nitrogens with two attached hydrogens (primary N) is 1. The maximum atomic E-state index is 9.77. The first kappa shape index (κ1) is 7.53. The fourth-order valence-corrected chi connectivity index (χ4v) is 1.58. The lowest BCUT2D eigenvalue weighted by Gasteiger charge is -2.42. The molecule has 1 aliphatic carbocycles. The van der Waals surface area contributed by atoms with Crippen LogP contribution in [0.1, 0.15) is 19.3 Å². The summed E-state index contributed by atoms with van der Waals surface area (Å²) in [7, 11) is 0. The van der Waals surface area contributed by atoms with E-state index in [-0.39, 0.29) is 6.04 Å². The minimum absolute atomic E-state index is 0.00347. The molecule has 0 amide bonds. The van der Waals surface area contributed by atoms with Gasteiger partial charge in [0.05, 0.1) is 0 Å². The van der Waals surface area contributed by atoms with Crippen molar-refractivity contribution in [3.05, 3.63) is 0 Å². The molecule has 1 aliphatic heterocycles. The minimum atomic E-state index is -0.581. The van der Waals surface area contributed by atoms with E-state index >= 15 is 0 Å². The fraction of sp³-hybridized carbons (Fsp3) is 1.00. The number of aliphatic hydroxyl groups is 1. The van der Waals surface area contributed by atoms with Gasteiger partial charge in [0.2, 0.25) is 0 Å². The van der Waals surface area contributed by atoms with E-state index < -0.39 is 5.60 Å². The largest absolute Gasteiger partial charge is 0.386 e. The molecular formula is C8H16N2O. The molecule has 0 bridgehead atoms. The summed E-state index contributed by atoms with van der Waals surface area (Å²) in [4.78, 5) is 0. The van der Waals surface area contributed by atoms with Gasteiger partial charge in [0, 0.05) is 19.1 Å². The van der Waals surface area contributed by atoms with E-state index in [9.17, 15) is 5.11 Å². The lowest BCUT2D eigenvalue weighted by atomic mass is 9.86. The van der Waals surface area contributed by atoms with Crippen molar-refractivity contribution < 1.29 is 5.11 Å². The Morgan fingerprint density at radius 3 is 2.55 bits per heavy atom. The van der Waals surface area contributed by atoms with Gasteiger partial charge in [-0.15, -0.1) is 0 Å². The Bertz CT molecular complexity index is 152. The van der Waals surface area contributed by atoms with E-state index in [1.54, 1.807) is 0 Å². The first-order valence-corrected chi connectivity index (χ1v) is 4.39. The molecule has 0 aromatic heterocycles. The van der Waals surface area contributed by atoms with Gasteiger partial charge in [0.25, 0.3) is 0 Å². The van der Waals surface area contributed by atoms with Gasteiger partial charge in [-0.05, 0) is 12.3 Å². The van der Waals surface area contributed by atoms with E-state index in [4.69, 9.17) is 5.73 Å². The molecule has 3 heteroatoms. The topological polar surface area (TPSA) is 58.3 Å². The van der Waals surface area contributed by atoms with Crippen LogP contribution in [0.2, 0.25) is 0 Å². The second kappa shape index (κ2) is 2.44. The van der Waals surface area contributed by atoms with Crippen LogP contribution in [0.3, 0.4) is 0 Å².